The highest BCUT2D eigenvalue weighted by Crippen LogP contribution is 2.23. The molecule has 0 unspecified atom stereocenters. The summed E-state index contributed by atoms with van der Waals surface area (Å²) in [5, 5.41) is 0. The van der Waals surface area contributed by atoms with Crippen LogP contribution in [-0.4, -0.2) is 35.6 Å². The highest BCUT2D eigenvalue weighted by atomic mass is 35.5. The van der Waals surface area contributed by atoms with Gasteiger partial charge in [0.25, 0.3) is 5.91 Å². The summed E-state index contributed by atoms with van der Waals surface area (Å²) in [6.45, 7) is 0.718. The van der Waals surface area contributed by atoms with E-state index in [0.717, 1.165) is 22.5 Å². The van der Waals surface area contributed by atoms with Gasteiger partial charge in [0.15, 0.2) is 4.80 Å². The van der Waals surface area contributed by atoms with E-state index in [1.807, 2.05) is 16.9 Å². The Labute approximate surface area is 167 Å². The Hall–Kier alpha value is -1.61. The van der Waals surface area contributed by atoms with Crippen molar-refractivity contribution in [1.82, 2.24) is 4.57 Å². The van der Waals surface area contributed by atoms with E-state index < -0.39 is 5.97 Å². The third-order valence-electron chi connectivity index (χ3n) is 3.60. The summed E-state index contributed by atoms with van der Waals surface area (Å²) in [6.07, 6.45) is 2.03. The lowest BCUT2D eigenvalue weighted by molar-refractivity contribution is 0.0601. The van der Waals surface area contributed by atoms with Crippen LogP contribution in [0.1, 0.15) is 20.0 Å². The van der Waals surface area contributed by atoms with E-state index in [-0.39, 0.29) is 5.91 Å². The minimum Gasteiger partial charge on any atom is -0.465 e. The van der Waals surface area contributed by atoms with Gasteiger partial charge in [-0.2, -0.15) is 16.8 Å². The molecule has 26 heavy (non-hydrogen) atoms. The van der Waals surface area contributed by atoms with Gasteiger partial charge >= 0.3 is 5.97 Å². The first kappa shape index (κ1) is 19.2. The fourth-order valence-electron chi connectivity index (χ4n) is 2.37. The molecule has 0 saturated carbocycles. The first-order chi connectivity index (χ1) is 12.5. The number of fused-ring (bicyclic) bond motifs is 1. The molecular formula is C17H15ClN2O3S3. The predicted octanol–water partition coefficient (Wildman–Crippen LogP) is 4.31. The van der Waals surface area contributed by atoms with Crippen molar-refractivity contribution in [2.45, 2.75) is 6.54 Å². The summed E-state index contributed by atoms with van der Waals surface area (Å²) in [4.78, 5) is 29.6. The number of hydrogen-bond donors (Lipinski definition) is 0. The van der Waals surface area contributed by atoms with Crippen LogP contribution in [0.3, 0.4) is 0 Å². The molecule has 0 N–H and O–H groups in total. The third kappa shape index (κ3) is 4.03. The van der Waals surface area contributed by atoms with Gasteiger partial charge in [-0.3, -0.25) is 4.79 Å². The molecule has 2 aromatic heterocycles. The number of carbonyl (C=O) groups excluding carboxylic acids is 2. The van der Waals surface area contributed by atoms with Gasteiger partial charge in [0.05, 0.1) is 32.1 Å². The van der Waals surface area contributed by atoms with Crippen LogP contribution in [0.4, 0.5) is 0 Å². The van der Waals surface area contributed by atoms with Crippen molar-refractivity contribution < 1.29 is 14.3 Å². The molecule has 0 atom stereocenters. The fraction of sp³-hybridized carbons (Fsp3) is 0.235. The standard InChI is InChI=1S/C17H15ClN2O3S3/c1-23-16(22)10-3-4-11-13(9-10)26-17(20(11)7-8-24-2)19-15(21)12-5-6-14(18)25-12/h3-6,9H,7-8H2,1-2H3. The van der Waals surface area contributed by atoms with Crippen molar-refractivity contribution in [1.29, 1.82) is 0 Å². The zero-order chi connectivity index (χ0) is 18.7. The predicted molar refractivity (Wildman–Crippen MR) is 109 cm³/mol. The molecule has 136 valence electrons. The molecule has 9 heteroatoms. The number of thioether (sulfide) groups is 1. The zero-order valence-electron chi connectivity index (χ0n) is 14.0. The molecule has 3 rings (SSSR count). The van der Waals surface area contributed by atoms with Gasteiger partial charge in [0, 0.05) is 12.3 Å². The van der Waals surface area contributed by atoms with Crippen molar-refractivity contribution in [3.05, 3.63) is 49.9 Å². The monoisotopic (exact) mass is 426 g/mol. The van der Waals surface area contributed by atoms with Crippen LogP contribution < -0.4 is 4.80 Å². The Morgan fingerprint density at radius 2 is 2.08 bits per heavy atom. The van der Waals surface area contributed by atoms with Gasteiger partial charge in [-0.05, 0) is 36.6 Å². The van der Waals surface area contributed by atoms with E-state index >= 15 is 0 Å². The minimum atomic E-state index is -0.390. The number of thiophene rings is 1. The van der Waals surface area contributed by atoms with Crippen LogP contribution in [0, 0.1) is 0 Å². The number of aryl methyl sites for hydroxylation is 1. The van der Waals surface area contributed by atoms with Gasteiger partial charge in [-0.15, -0.1) is 11.3 Å². The Kier molecular flexibility index (Phi) is 6.18. The average Bonchev–Trinajstić information content (AvgIpc) is 3.22. The lowest BCUT2D eigenvalue weighted by atomic mass is 10.2. The van der Waals surface area contributed by atoms with Gasteiger partial charge in [0.1, 0.15) is 0 Å². The number of hydrogen-bond acceptors (Lipinski definition) is 6. The van der Waals surface area contributed by atoms with Crippen molar-refractivity contribution in [2.24, 2.45) is 4.99 Å². The largest absolute Gasteiger partial charge is 0.465 e. The minimum absolute atomic E-state index is 0.320. The van der Waals surface area contributed by atoms with Gasteiger partial charge in [0.2, 0.25) is 0 Å². The number of rotatable bonds is 5. The summed E-state index contributed by atoms with van der Waals surface area (Å²) >= 11 is 10.2. The van der Waals surface area contributed by atoms with E-state index in [4.69, 9.17) is 16.3 Å². The number of benzene rings is 1. The maximum Gasteiger partial charge on any atom is 0.337 e. The number of aromatic nitrogens is 1. The molecular weight excluding hydrogens is 412 g/mol. The Balaban J connectivity index is 2.11. The van der Waals surface area contributed by atoms with Crippen LogP contribution in [-0.2, 0) is 11.3 Å². The summed E-state index contributed by atoms with van der Waals surface area (Å²) in [5.74, 6) is 0.176. The second kappa shape index (κ2) is 8.39. The summed E-state index contributed by atoms with van der Waals surface area (Å²) in [5.41, 5.74) is 1.41. The van der Waals surface area contributed by atoms with E-state index in [2.05, 4.69) is 4.99 Å². The molecule has 5 nitrogen and oxygen atoms in total. The number of esters is 1. The Morgan fingerprint density at radius 3 is 2.73 bits per heavy atom. The number of carbonyl (C=O) groups is 2. The molecule has 0 aliphatic heterocycles. The van der Waals surface area contributed by atoms with Crippen LogP contribution >= 0.6 is 46.0 Å². The Bertz CT molecular complexity index is 1040. The molecule has 1 aromatic carbocycles. The number of thiazole rings is 1. The molecule has 0 aliphatic carbocycles. The van der Waals surface area contributed by atoms with Gasteiger partial charge in [-0.25, -0.2) is 4.79 Å². The highest BCUT2D eigenvalue weighted by molar-refractivity contribution is 7.98. The van der Waals surface area contributed by atoms with Crippen molar-refractivity contribution in [2.75, 3.05) is 19.1 Å². The normalized spacial score (nSPS) is 11.9. The SMILES string of the molecule is COC(=O)c1ccc2c(c1)sc(=NC(=O)c1ccc(Cl)s1)n2CCSC. The molecule has 0 aliphatic rings. The van der Waals surface area contributed by atoms with Crippen molar-refractivity contribution in [3.63, 3.8) is 0 Å². The van der Waals surface area contributed by atoms with E-state index in [0.29, 0.717) is 19.6 Å². The summed E-state index contributed by atoms with van der Waals surface area (Å²) < 4.78 is 8.22. The Morgan fingerprint density at radius 1 is 1.27 bits per heavy atom. The van der Waals surface area contributed by atoms with Crippen LogP contribution in [0.15, 0.2) is 35.3 Å². The quantitative estimate of drug-likeness (QED) is 0.570. The third-order valence-corrected chi connectivity index (χ3v) is 6.46. The van der Waals surface area contributed by atoms with E-state index in [1.54, 1.807) is 36.0 Å². The van der Waals surface area contributed by atoms with Crippen molar-refractivity contribution in [3.8, 4) is 0 Å². The topological polar surface area (TPSA) is 60.7 Å². The lowest BCUT2D eigenvalue weighted by Crippen LogP contribution is -2.18. The van der Waals surface area contributed by atoms with Crippen LogP contribution in [0.5, 0.6) is 0 Å². The van der Waals surface area contributed by atoms with Crippen LogP contribution in [0.2, 0.25) is 4.34 Å². The average molecular weight is 427 g/mol. The second-order valence-corrected chi connectivity index (χ2v) is 8.93. The number of nitrogens with zero attached hydrogens (tertiary/aromatic N) is 2. The smallest absolute Gasteiger partial charge is 0.337 e. The summed E-state index contributed by atoms with van der Waals surface area (Å²) in [7, 11) is 1.35. The number of methoxy groups -OCH3 is 1. The first-order valence-corrected chi connectivity index (χ1v) is 11.0. The number of ether oxygens (including phenoxy) is 1. The van der Waals surface area contributed by atoms with E-state index in [9.17, 15) is 9.59 Å². The molecule has 1 amide bonds. The first-order valence-electron chi connectivity index (χ1n) is 7.58. The van der Waals surface area contributed by atoms with E-state index in [1.165, 1.54) is 29.8 Å². The summed E-state index contributed by atoms with van der Waals surface area (Å²) in [6, 6.07) is 8.72. The maximum atomic E-state index is 12.5. The highest BCUT2D eigenvalue weighted by Gasteiger charge is 2.13. The maximum absolute atomic E-state index is 12.5. The van der Waals surface area contributed by atoms with Gasteiger partial charge < -0.3 is 9.30 Å². The number of amides is 1. The van der Waals surface area contributed by atoms with Crippen LogP contribution in [0.25, 0.3) is 10.2 Å². The molecule has 2 heterocycles. The number of halogens is 1. The zero-order valence-corrected chi connectivity index (χ0v) is 17.2. The van der Waals surface area contributed by atoms with Crippen molar-refractivity contribution >= 4 is 68.1 Å². The molecule has 0 fully saturated rings. The molecule has 0 radical (unpaired) electrons. The lowest BCUT2D eigenvalue weighted by Gasteiger charge is -2.04. The molecule has 0 saturated heterocycles. The fourth-order valence-corrected chi connectivity index (χ4v) is 4.76. The molecule has 0 spiro atoms. The second-order valence-electron chi connectivity index (χ2n) is 5.22. The molecule has 0 bridgehead atoms. The van der Waals surface area contributed by atoms with Gasteiger partial charge in [-0.1, -0.05) is 22.9 Å². The molecule has 3 aromatic rings.